The molecule has 2 fully saturated rings. The number of nitrogens with zero attached hydrogens (tertiary/aromatic N) is 4. The van der Waals surface area contributed by atoms with Crippen LogP contribution < -0.4 is 0 Å². The number of carbonyl (C=O) groups excluding carboxylic acids is 1. The van der Waals surface area contributed by atoms with E-state index in [4.69, 9.17) is 0 Å². The summed E-state index contributed by atoms with van der Waals surface area (Å²) in [5, 5.41) is 14.5. The molecular weight excluding hydrogens is 352 g/mol. The average Bonchev–Trinajstić information content (AvgIpc) is 3.39. The number of amides is 1. The number of likely N-dealkylation sites (tertiary alicyclic amines) is 2. The minimum Gasteiger partial charge on any atom is -0.396 e. The third-order valence-corrected chi connectivity index (χ3v) is 6.09. The minimum absolute atomic E-state index is 0.0295. The van der Waals surface area contributed by atoms with Gasteiger partial charge >= 0.3 is 0 Å². The van der Waals surface area contributed by atoms with Crippen LogP contribution in [0.1, 0.15) is 18.1 Å². The van der Waals surface area contributed by atoms with Crippen molar-refractivity contribution in [2.45, 2.75) is 20.0 Å². The summed E-state index contributed by atoms with van der Waals surface area (Å²) in [4.78, 5) is 16.9. The molecule has 0 spiro atoms. The standard InChI is InChI=1S/C22H28N4O2/c1-2-26-12-19(10-23-26)11-24-13-20-14-25(16-22(20,15-24)17-27)21(28)9-8-18-6-4-3-5-7-18/h3-10,12,20,27H,2,11,13-17H2,1H3/b9-8+. The van der Waals surface area contributed by atoms with Crippen LogP contribution in [0.5, 0.6) is 0 Å². The fraction of sp³-hybridized carbons (Fsp3) is 0.455. The molecule has 148 valence electrons. The van der Waals surface area contributed by atoms with Crippen molar-refractivity contribution in [2.75, 3.05) is 32.8 Å². The fourth-order valence-corrected chi connectivity index (χ4v) is 4.56. The van der Waals surface area contributed by atoms with E-state index in [1.807, 2.05) is 52.2 Å². The summed E-state index contributed by atoms with van der Waals surface area (Å²) in [6, 6.07) is 9.85. The maximum atomic E-state index is 12.6. The molecule has 6 nitrogen and oxygen atoms in total. The van der Waals surface area contributed by atoms with Crippen molar-refractivity contribution in [2.24, 2.45) is 11.3 Å². The van der Waals surface area contributed by atoms with E-state index in [1.165, 1.54) is 5.56 Å². The zero-order valence-corrected chi connectivity index (χ0v) is 16.4. The molecule has 2 unspecified atom stereocenters. The maximum absolute atomic E-state index is 12.6. The summed E-state index contributed by atoms with van der Waals surface area (Å²) in [6.07, 6.45) is 7.52. The number of aliphatic hydroxyl groups excluding tert-OH is 1. The Kier molecular flexibility index (Phi) is 5.33. The van der Waals surface area contributed by atoms with Crippen molar-refractivity contribution in [3.63, 3.8) is 0 Å². The molecule has 2 saturated heterocycles. The predicted molar refractivity (Wildman–Crippen MR) is 108 cm³/mol. The van der Waals surface area contributed by atoms with Crippen LogP contribution in [0.25, 0.3) is 6.08 Å². The van der Waals surface area contributed by atoms with Crippen molar-refractivity contribution >= 4 is 12.0 Å². The lowest BCUT2D eigenvalue weighted by Gasteiger charge is -2.27. The number of aliphatic hydroxyl groups is 1. The third kappa shape index (κ3) is 3.75. The number of fused-ring (bicyclic) bond motifs is 1. The van der Waals surface area contributed by atoms with Crippen molar-refractivity contribution in [1.82, 2.24) is 19.6 Å². The van der Waals surface area contributed by atoms with E-state index in [2.05, 4.69) is 23.1 Å². The largest absolute Gasteiger partial charge is 0.396 e. The van der Waals surface area contributed by atoms with Crippen LogP contribution in [0, 0.1) is 11.3 Å². The van der Waals surface area contributed by atoms with Gasteiger partial charge in [0.1, 0.15) is 0 Å². The Morgan fingerprint density at radius 1 is 1.29 bits per heavy atom. The van der Waals surface area contributed by atoms with E-state index in [0.29, 0.717) is 19.0 Å². The molecular formula is C22H28N4O2. The summed E-state index contributed by atoms with van der Waals surface area (Å²) in [6.45, 7) is 6.98. The van der Waals surface area contributed by atoms with Crippen LogP contribution in [0.3, 0.4) is 0 Å². The first kappa shape index (κ1) is 18.9. The number of hydrogen-bond acceptors (Lipinski definition) is 4. The predicted octanol–water partition coefficient (Wildman–Crippen LogP) is 1.87. The summed E-state index contributed by atoms with van der Waals surface area (Å²) < 4.78 is 1.94. The molecule has 2 aliphatic heterocycles. The molecule has 1 N–H and O–H groups in total. The van der Waals surface area contributed by atoms with Gasteiger partial charge in [0.2, 0.25) is 5.91 Å². The number of aromatic nitrogens is 2. The average molecular weight is 380 g/mol. The smallest absolute Gasteiger partial charge is 0.246 e. The van der Waals surface area contributed by atoms with E-state index in [-0.39, 0.29) is 17.9 Å². The highest BCUT2D eigenvalue weighted by atomic mass is 16.3. The first-order chi connectivity index (χ1) is 13.6. The Morgan fingerprint density at radius 3 is 2.79 bits per heavy atom. The topological polar surface area (TPSA) is 61.6 Å². The lowest BCUT2D eigenvalue weighted by Crippen LogP contribution is -2.38. The van der Waals surface area contributed by atoms with Gasteiger partial charge in [-0.25, -0.2) is 0 Å². The Morgan fingerprint density at radius 2 is 2.11 bits per heavy atom. The van der Waals surface area contributed by atoms with Crippen LogP contribution in [-0.4, -0.2) is 63.4 Å². The molecule has 28 heavy (non-hydrogen) atoms. The van der Waals surface area contributed by atoms with E-state index < -0.39 is 0 Å². The normalized spacial score (nSPS) is 24.9. The zero-order chi connectivity index (χ0) is 19.6. The van der Waals surface area contributed by atoms with Crippen molar-refractivity contribution in [1.29, 1.82) is 0 Å². The quantitative estimate of drug-likeness (QED) is 0.778. The van der Waals surface area contributed by atoms with Crippen LogP contribution >= 0.6 is 0 Å². The molecule has 0 aliphatic carbocycles. The molecule has 2 aromatic rings. The molecule has 2 atom stereocenters. The monoisotopic (exact) mass is 380 g/mol. The van der Waals surface area contributed by atoms with E-state index in [1.54, 1.807) is 6.08 Å². The maximum Gasteiger partial charge on any atom is 0.246 e. The summed E-state index contributed by atoms with van der Waals surface area (Å²) in [7, 11) is 0. The van der Waals surface area contributed by atoms with Gasteiger partial charge in [0, 0.05) is 62.5 Å². The van der Waals surface area contributed by atoms with Gasteiger partial charge in [-0.05, 0) is 24.5 Å². The van der Waals surface area contributed by atoms with Crippen LogP contribution in [0.4, 0.5) is 0 Å². The molecule has 1 amide bonds. The molecule has 4 rings (SSSR count). The second kappa shape index (κ2) is 7.89. The van der Waals surface area contributed by atoms with Crippen LogP contribution in [0.2, 0.25) is 0 Å². The Balaban J connectivity index is 1.38. The fourth-order valence-electron chi connectivity index (χ4n) is 4.56. The lowest BCUT2D eigenvalue weighted by molar-refractivity contribution is -0.125. The van der Waals surface area contributed by atoms with Gasteiger partial charge in [-0.3, -0.25) is 14.4 Å². The van der Waals surface area contributed by atoms with E-state index >= 15 is 0 Å². The molecule has 3 heterocycles. The van der Waals surface area contributed by atoms with Crippen molar-refractivity contribution in [3.8, 4) is 0 Å². The van der Waals surface area contributed by atoms with E-state index in [0.717, 1.165) is 31.7 Å². The molecule has 6 heteroatoms. The molecule has 0 radical (unpaired) electrons. The Labute approximate surface area is 166 Å². The number of benzene rings is 1. The first-order valence-corrected chi connectivity index (χ1v) is 9.98. The van der Waals surface area contributed by atoms with Gasteiger partial charge in [0.25, 0.3) is 0 Å². The van der Waals surface area contributed by atoms with Crippen molar-refractivity contribution < 1.29 is 9.90 Å². The summed E-state index contributed by atoms with van der Waals surface area (Å²) in [5.74, 6) is 0.342. The SMILES string of the molecule is CCn1cc(CN2CC3CN(C(=O)/C=C/c4ccccc4)CC3(CO)C2)cn1. The molecule has 0 bridgehead atoms. The number of aryl methyl sites for hydroxylation is 1. The molecule has 0 saturated carbocycles. The van der Waals surface area contributed by atoms with Crippen molar-refractivity contribution in [3.05, 3.63) is 59.9 Å². The lowest BCUT2D eigenvalue weighted by atomic mass is 9.82. The van der Waals surface area contributed by atoms with Crippen LogP contribution in [0.15, 0.2) is 48.8 Å². The molecule has 1 aromatic heterocycles. The number of hydrogen-bond donors (Lipinski definition) is 1. The highest BCUT2D eigenvalue weighted by Gasteiger charge is 2.52. The second-order valence-electron chi connectivity index (χ2n) is 8.05. The van der Waals surface area contributed by atoms with Gasteiger partial charge in [-0.15, -0.1) is 0 Å². The van der Waals surface area contributed by atoms with Gasteiger partial charge in [0.05, 0.1) is 12.8 Å². The van der Waals surface area contributed by atoms with Gasteiger partial charge in [-0.1, -0.05) is 30.3 Å². The number of carbonyl (C=O) groups is 1. The second-order valence-corrected chi connectivity index (χ2v) is 8.05. The highest BCUT2D eigenvalue weighted by molar-refractivity contribution is 5.92. The highest BCUT2D eigenvalue weighted by Crippen LogP contribution is 2.42. The first-order valence-electron chi connectivity index (χ1n) is 9.98. The van der Waals surface area contributed by atoms with E-state index in [9.17, 15) is 9.90 Å². The van der Waals surface area contributed by atoms with Crippen LogP contribution in [-0.2, 0) is 17.9 Å². The molecule has 1 aromatic carbocycles. The number of rotatable bonds is 6. The third-order valence-electron chi connectivity index (χ3n) is 6.09. The van der Waals surface area contributed by atoms with Gasteiger partial charge in [0.15, 0.2) is 0 Å². The molecule has 2 aliphatic rings. The Bertz CT molecular complexity index is 847. The van der Waals surface area contributed by atoms with Gasteiger partial charge in [-0.2, -0.15) is 5.10 Å². The minimum atomic E-state index is -0.211. The summed E-state index contributed by atoms with van der Waals surface area (Å²) in [5.41, 5.74) is 2.01. The Hall–Kier alpha value is -2.44. The van der Waals surface area contributed by atoms with Gasteiger partial charge < -0.3 is 10.0 Å². The zero-order valence-electron chi connectivity index (χ0n) is 16.4. The summed E-state index contributed by atoms with van der Waals surface area (Å²) >= 11 is 0.